The Hall–Kier alpha value is -1.06. The lowest BCUT2D eigenvalue weighted by Crippen LogP contribution is -2.38. The van der Waals surface area contributed by atoms with E-state index < -0.39 is 0 Å². The molecule has 0 aliphatic carbocycles. The summed E-state index contributed by atoms with van der Waals surface area (Å²) in [5.74, 6) is 0. The average molecular weight is 277 g/mol. The quantitative estimate of drug-likeness (QED) is 0.883. The summed E-state index contributed by atoms with van der Waals surface area (Å²) in [4.78, 5) is 0. The fourth-order valence-electron chi connectivity index (χ4n) is 2.97. The molecule has 1 aliphatic rings. The zero-order chi connectivity index (χ0) is 14.8. The number of rotatable bonds is 5. The van der Waals surface area contributed by atoms with Crippen molar-refractivity contribution >= 4 is 5.69 Å². The molecule has 0 aromatic heterocycles. The van der Waals surface area contributed by atoms with Crippen molar-refractivity contribution in [1.82, 2.24) is 0 Å². The first-order valence-corrected chi connectivity index (χ1v) is 7.46. The number of hydrogen-bond donors (Lipinski definition) is 1. The average Bonchev–Trinajstić information content (AvgIpc) is 2.56. The van der Waals surface area contributed by atoms with Crippen molar-refractivity contribution in [3.05, 3.63) is 29.8 Å². The normalized spacial score (nSPS) is 23.8. The Morgan fingerprint density at radius 2 is 1.95 bits per heavy atom. The molecule has 1 atom stereocenters. The van der Waals surface area contributed by atoms with Gasteiger partial charge in [0.2, 0.25) is 0 Å². The van der Waals surface area contributed by atoms with Gasteiger partial charge >= 0.3 is 0 Å². The van der Waals surface area contributed by atoms with Crippen LogP contribution in [0.2, 0.25) is 0 Å². The standard InChI is InChI=1S/C17H27NO2/c1-6-19-12-13-9-7-8-10-14(13)18-15-11-16(2,3)20-17(15,4)5/h7-10,15,18H,6,11-12H2,1-5H3. The molecule has 1 aromatic carbocycles. The predicted octanol–water partition coefficient (Wildman–Crippen LogP) is 3.98. The van der Waals surface area contributed by atoms with Gasteiger partial charge in [-0.05, 0) is 47.1 Å². The van der Waals surface area contributed by atoms with Gasteiger partial charge in [-0.2, -0.15) is 0 Å². The van der Waals surface area contributed by atoms with E-state index in [9.17, 15) is 0 Å². The van der Waals surface area contributed by atoms with Crippen molar-refractivity contribution in [2.75, 3.05) is 11.9 Å². The van der Waals surface area contributed by atoms with E-state index in [1.54, 1.807) is 0 Å². The molecule has 2 rings (SSSR count). The van der Waals surface area contributed by atoms with E-state index in [2.05, 4.69) is 57.3 Å². The van der Waals surface area contributed by atoms with Crippen LogP contribution >= 0.6 is 0 Å². The second-order valence-corrected chi connectivity index (χ2v) is 6.66. The fourth-order valence-corrected chi connectivity index (χ4v) is 2.97. The Balaban J connectivity index is 2.14. The minimum absolute atomic E-state index is 0.0734. The molecule has 112 valence electrons. The van der Waals surface area contributed by atoms with Gasteiger partial charge in [0.15, 0.2) is 0 Å². The number of para-hydroxylation sites is 1. The van der Waals surface area contributed by atoms with E-state index in [0.29, 0.717) is 12.6 Å². The predicted molar refractivity (Wildman–Crippen MR) is 83.0 cm³/mol. The van der Waals surface area contributed by atoms with Crippen molar-refractivity contribution < 1.29 is 9.47 Å². The summed E-state index contributed by atoms with van der Waals surface area (Å²) in [6.45, 7) is 12.0. The molecule has 1 unspecified atom stereocenters. The van der Waals surface area contributed by atoms with Crippen LogP contribution in [0.1, 0.15) is 46.6 Å². The number of benzene rings is 1. The molecule has 1 N–H and O–H groups in total. The third-order valence-electron chi connectivity index (χ3n) is 3.88. The van der Waals surface area contributed by atoms with Crippen LogP contribution < -0.4 is 5.32 Å². The maximum Gasteiger partial charge on any atom is 0.0834 e. The number of anilines is 1. The maximum absolute atomic E-state index is 6.15. The van der Waals surface area contributed by atoms with E-state index in [0.717, 1.165) is 18.7 Å². The first kappa shape index (κ1) is 15.3. The van der Waals surface area contributed by atoms with E-state index in [4.69, 9.17) is 9.47 Å². The highest BCUT2D eigenvalue weighted by Gasteiger charge is 2.45. The van der Waals surface area contributed by atoms with Crippen LogP contribution in [0, 0.1) is 0 Å². The van der Waals surface area contributed by atoms with Crippen LogP contribution in [0.4, 0.5) is 5.69 Å². The van der Waals surface area contributed by atoms with E-state index in [1.165, 1.54) is 5.56 Å². The molecule has 20 heavy (non-hydrogen) atoms. The third kappa shape index (κ3) is 3.53. The summed E-state index contributed by atoms with van der Waals surface area (Å²) >= 11 is 0. The molecule has 1 fully saturated rings. The van der Waals surface area contributed by atoms with Gasteiger partial charge in [-0.1, -0.05) is 18.2 Å². The summed E-state index contributed by atoms with van der Waals surface area (Å²) in [6, 6.07) is 8.66. The Bertz CT molecular complexity index is 454. The van der Waals surface area contributed by atoms with E-state index >= 15 is 0 Å². The lowest BCUT2D eigenvalue weighted by molar-refractivity contribution is -0.0662. The van der Waals surface area contributed by atoms with Crippen LogP contribution in [0.5, 0.6) is 0 Å². The highest BCUT2D eigenvalue weighted by Crippen LogP contribution is 2.39. The molecule has 0 bridgehead atoms. The summed E-state index contributed by atoms with van der Waals surface area (Å²) in [7, 11) is 0. The van der Waals surface area contributed by atoms with Crippen molar-refractivity contribution in [1.29, 1.82) is 0 Å². The van der Waals surface area contributed by atoms with Gasteiger partial charge < -0.3 is 14.8 Å². The molecule has 0 amide bonds. The van der Waals surface area contributed by atoms with Crippen molar-refractivity contribution in [2.24, 2.45) is 0 Å². The van der Waals surface area contributed by atoms with Crippen LogP contribution in [-0.2, 0) is 16.1 Å². The second kappa shape index (κ2) is 5.74. The van der Waals surface area contributed by atoms with Crippen LogP contribution in [0.25, 0.3) is 0 Å². The fraction of sp³-hybridized carbons (Fsp3) is 0.647. The first-order chi connectivity index (χ1) is 9.34. The van der Waals surface area contributed by atoms with Crippen molar-refractivity contribution in [3.8, 4) is 0 Å². The zero-order valence-corrected chi connectivity index (χ0v) is 13.3. The minimum atomic E-state index is -0.164. The highest BCUT2D eigenvalue weighted by molar-refractivity contribution is 5.52. The van der Waals surface area contributed by atoms with Gasteiger partial charge in [0, 0.05) is 17.9 Å². The number of ether oxygens (including phenoxy) is 2. The molecule has 0 spiro atoms. The summed E-state index contributed by atoms with van der Waals surface area (Å²) in [5, 5.41) is 3.66. The third-order valence-corrected chi connectivity index (χ3v) is 3.88. The van der Waals surface area contributed by atoms with Crippen LogP contribution in [0.15, 0.2) is 24.3 Å². The lowest BCUT2D eigenvalue weighted by atomic mass is 9.94. The molecular weight excluding hydrogens is 250 g/mol. The van der Waals surface area contributed by atoms with Crippen LogP contribution in [-0.4, -0.2) is 23.9 Å². The van der Waals surface area contributed by atoms with Gasteiger partial charge in [-0.3, -0.25) is 0 Å². The molecule has 0 saturated carbocycles. The summed E-state index contributed by atoms with van der Waals surface area (Å²) in [6.07, 6.45) is 1.00. The van der Waals surface area contributed by atoms with E-state index in [1.807, 2.05) is 6.92 Å². The Labute approximate surface area is 122 Å². The zero-order valence-electron chi connectivity index (χ0n) is 13.3. The Morgan fingerprint density at radius 3 is 2.55 bits per heavy atom. The van der Waals surface area contributed by atoms with Gasteiger partial charge in [0.25, 0.3) is 0 Å². The molecule has 3 nitrogen and oxygen atoms in total. The SMILES string of the molecule is CCOCc1ccccc1NC1CC(C)(C)OC1(C)C. The first-order valence-electron chi connectivity index (χ1n) is 7.46. The summed E-state index contributed by atoms with van der Waals surface area (Å²) in [5.41, 5.74) is 2.12. The monoisotopic (exact) mass is 277 g/mol. The number of nitrogens with one attached hydrogen (secondary N) is 1. The molecule has 3 heteroatoms. The smallest absolute Gasteiger partial charge is 0.0834 e. The maximum atomic E-state index is 6.15. The second-order valence-electron chi connectivity index (χ2n) is 6.66. The molecule has 1 heterocycles. The van der Waals surface area contributed by atoms with Gasteiger partial charge in [0.05, 0.1) is 23.9 Å². The molecule has 1 saturated heterocycles. The molecule has 1 aliphatic heterocycles. The Kier molecular flexibility index (Phi) is 4.40. The van der Waals surface area contributed by atoms with E-state index in [-0.39, 0.29) is 11.2 Å². The van der Waals surface area contributed by atoms with Gasteiger partial charge in [0.1, 0.15) is 0 Å². The molecule has 1 aromatic rings. The number of hydrogen-bond acceptors (Lipinski definition) is 3. The topological polar surface area (TPSA) is 30.5 Å². The molecule has 0 radical (unpaired) electrons. The minimum Gasteiger partial charge on any atom is -0.379 e. The van der Waals surface area contributed by atoms with Gasteiger partial charge in [-0.15, -0.1) is 0 Å². The Morgan fingerprint density at radius 1 is 1.25 bits per heavy atom. The van der Waals surface area contributed by atoms with Crippen LogP contribution in [0.3, 0.4) is 0 Å². The molecular formula is C17H27NO2. The highest BCUT2D eigenvalue weighted by atomic mass is 16.5. The van der Waals surface area contributed by atoms with Crippen molar-refractivity contribution in [2.45, 2.75) is 64.9 Å². The van der Waals surface area contributed by atoms with Gasteiger partial charge in [-0.25, -0.2) is 0 Å². The lowest BCUT2D eigenvalue weighted by Gasteiger charge is -2.29. The summed E-state index contributed by atoms with van der Waals surface area (Å²) < 4.78 is 11.7. The van der Waals surface area contributed by atoms with Crippen molar-refractivity contribution in [3.63, 3.8) is 0 Å². The largest absolute Gasteiger partial charge is 0.379 e.